The molecule has 5 nitrogen and oxygen atoms in total. The molecule has 0 saturated carbocycles. The quantitative estimate of drug-likeness (QED) is 0.262. The van der Waals surface area contributed by atoms with Gasteiger partial charge in [-0.2, -0.15) is 0 Å². The Morgan fingerprint density at radius 2 is 1.52 bits per heavy atom. The zero-order chi connectivity index (χ0) is 19.7. The fourth-order valence-electron chi connectivity index (χ4n) is 3.44. The molecule has 0 unspecified atom stereocenters. The van der Waals surface area contributed by atoms with Crippen LogP contribution in [-0.4, -0.2) is 59.6 Å². The topological polar surface area (TPSA) is 79.2 Å². The van der Waals surface area contributed by atoms with Crippen LogP contribution < -0.4 is 0 Å². The second-order valence-corrected chi connectivity index (χ2v) is 7.68. The fraction of sp³-hybridized carbons (Fsp3) is 0.909. The highest BCUT2D eigenvalue weighted by molar-refractivity contribution is 4.88. The van der Waals surface area contributed by atoms with E-state index in [2.05, 4.69) is 19.1 Å². The van der Waals surface area contributed by atoms with Gasteiger partial charge in [-0.05, 0) is 32.1 Å². The summed E-state index contributed by atoms with van der Waals surface area (Å²) in [7, 11) is 0. The molecule has 0 amide bonds. The van der Waals surface area contributed by atoms with Crippen LogP contribution in [0.25, 0.3) is 0 Å². The van der Waals surface area contributed by atoms with Crippen molar-refractivity contribution < 1.29 is 24.8 Å². The number of unbranched alkanes of at least 4 members (excludes halogenated alkanes) is 10. The Bertz CT molecular complexity index is 361. The van der Waals surface area contributed by atoms with Crippen LogP contribution in [0.3, 0.4) is 0 Å². The summed E-state index contributed by atoms with van der Waals surface area (Å²) in [6.45, 7) is 2.69. The van der Waals surface area contributed by atoms with Crippen LogP contribution in [0.4, 0.5) is 0 Å². The van der Waals surface area contributed by atoms with Crippen LogP contribution in [0.5, 0.6) is 0 Å². The van der Waals surface area contributed by atoms with E-state index in [0.717, 1.165) is 12.8 Å². The summed E-state index contributed by atoms with van der Waals surface area (Å²) in [4.78, 5) is 0. The minimum Gasteiger partial charge on any atom is -0.394 e. The first-order valence-corrected chi connectivity index (χ1v) is 11.1. The molecule has 0 radical (unpaired) electrons. The molecule has 1 aliphatic heterocycles. The highest BCUT2D eigenvalue weighted by Gasteiger charge is 2.40. The average molecular weight is 387 g/mol. The molecule has 1 saturated heterocycles. The molecule has 0 aromatic rings. The van der Waals surface area contributed by atoms with Gasteiger partial charge in [0.15, 0.2) is 0 Å². The Kier molecular flexibility index (Phi) is 15.0. The lowest BCUT2D eigenvalue weighted by atomic mass is 10.1. The molecule has 3 N–H and O–H groups in total. The van der Waals surface area contributed by atoms with Gasteiger partial charge < -0.3 is 24.8 Å². The molecule has 1 rings (SSSR count). The van der Waals surface area contributed by atoms with Crippen molar-refractivity contribution in [3.05, 3.63) is 12.2 Å². The summed E-state index contributed by atoms with van der Waals surface area (Å²) in [5, 5.41) is 28.7. The molecule has 0 bridgehead atoms. The van der Waals surface area contributed by atoms with E-state index < -0.39 is 24.4 Å². The summed E-state index contributed by atoms with van der Waals surface area (Å²) < 4.78 is 11.0. The molecular formula is C22H42O5. The van der Waals surface area contributed by atoms with E-state index in [1.165, 1.54) is 64.2 Å². The van der Waals surface area contributed by atoms with Crippen molar-refractivity contribution in [2.24, 2.45) is 0 Å². The van der Waals surface area contributed by atoms with Crippen molar-refractivity contribution in [2.45, 2.75) is 108 Å². The zero-order valence-electron chi connectivity index (χ0n) is 17.2. The van der Waals surface area contributed by atoms with Gasteiger partial charge in [0.05, 0.1) is 13.2 Å². The first kappa shape index (κ1) is 24.6. The van der Waals surface area contributed by atoms with Crippen molar-refractivity contribution >= 4 is 0 Å². The highest BCUT2D eigenvalue weighted by Crippen LogP contribution is 2.20. The zero-order valence-corrected chi connectivity index (χ0v) is 17.2. The number of hydrogen-bond donors (Lipinski definition) is 3. The van der Waals surface area contributed by atoms with Gasteiger partial charge in [-0.1, -0.05) is 64.0 Å². The molecule has 0 aromatic carbocycles. The van der Waals surface area contributed by atoms with Gasteiger partial charge in [0.1, 0.15) is 24.4 Å². The van der Waals surface area contributed by atoms with Crippen LogP contribution in [0.2, 0.25) is 0 Å². The third kappa shape index (κ3) is 11.2. The van der Waals surface area contributed by atoms with Crippen molar-refractivity contribution in [3.63, 3.8) is 0 Å². The minimum atomic E-state index is -0.980. The van der Waals surface area contributed by atoms with E-state index >= 15 is 0 Å². The monoisotopic (exact) mass is 386 g/mol. The summed E-state index contributed by atoms with van der Waals surface area (Å²) in [6.07, 6.45) is 16.5. The number of allylic oxidation sites excluding steroid dienone is 2. The summed E-state index contributed by atoms with van der Waals surface area (Å²) in [5.41, 5.74) is 0. The molecule has 160 valence electrons. The van der Waals surface area contributed by atoms with Crippen molar-refractivity contribution in [1.82, 2.24) is 0 Å². The van der Waals surface area contributed by atoms with Gasteiger partial charge in [-0.25, -0.2) is 0 Å². The molecule has 1 fully saturated rings. The maximum absolute atomic E-state index is 9.81. The Labute approximate surface area is 165 Å². The molecule has 0 spiro atoms. The number of rotatable bonds is 17. The number of hydrogen-bond acceptors (Lipinski definition) is 5. The standard InChI is InChI=1S/C22H42O5/c1-2-3-4-5-6-7-8-9-10-11-12-13-14-15-16-26-20(17-23)22-21(25)19(24)18-27-22/h8-9,19-25H,2-7,10-18H2,1H3/b9-8+/t19-,20+,21+,22+/m1/s1. The second kappa shape index (κ2) is 16.5. The lowest BCUT2D eigenvalue weighted by Gasteiger charge is -2.24. The first-order valence-electron chi connectivity index (χ1n) is 11.1. The maximum atomic E-state index is 9.81. The van der Waals surface area contributed by atoms with Gasteiger partial charge in [0.25, 0.3) is 0 Å². The van der Waals surface area contributed by atoms with E-state index in [0.29, 0.717) is 6.61 Å². The Morgan fingerprint density at radius 3 is 2.07 bits per heavy atom. The van der Waals surface area contributed by atoms with E-state index in [9.17, 15) is 15.3 Å². The fourth-order valence-corrected chi connectivity index (χ4v) is 3.44. The largest absolute Gasteiger partial charge is 0.394 e. The van der Waals surface area contributed by atoms with Gasteiger partial charge in [0, 0.05) is 6.61 Å². The minimum absolute atomic E-state index is 0.0962. The van der Waals surface area contributed by atoms with Crippen molar-refractivity contribution in [1.29, 1.82) is 0 Å². The third-order valence-corrected chi connectivity index (χ3v) is 5.22. The molecular weight excluding hydrogens is 344 g/mol. The normalized spacial score (nSPS) is 24.1. The van der Waals surface area contributed by atoms with Crippen LogP contribution >= 0.6 is 0 Å². The molecule has 0 aromatic heterocycles. The molecule has 1 heterocycles. The molecule has 0 aliphatic carbocycles. The van der Waals surface area contributed by atoms with Gasteiger partial charge in [-0.3, -0.25) is 0 Å². The third-order valence-electron chi connectivity index (χ3n) is 5.22. The van der Waals surface area contributed by atoms with Gasteiger partial charge in [-0.15, -0.1) is 0 Å². The second-order valence-electron chi connectivity index (χ2n) is 7.68. The lowest BCUT2D eigenvalue weighted by molar-refractivity contribution is -0.101. The number of aliphatic hydroxyl groups excluding tert-OH is 3. The molecule has 27 heavy (non-hydrogen) atoms. The average Bonchev–Trinajstić information content (AvgIpc) is 3.00. The summed E-state index contributed by atoms with van der Waals surface area (Å²) in [6, 6.07) is 0. The van der Waals surface area contributed by atoms with Crippen LogP contribution in [0, 0.1) is 0 Å². The van der Waals surface area contributed by atoms with Crippen molar-refractivity contribution in [2.75, 3.05) is 19.8 Å². The Morgan fingerprint density at radius 1 is 0.926 bits per heavy atom. The Hall–Kier alpha value is -0.460. The molecule has 1 aliphatic rings. The molecule has 5 heteroatoms. The van der Waals surface area contributed by atoms with E-state index in [-0.39, 0.29) is 13.2 Å². The lowest BCUT2D eigenvalue weighted by Crippen LogP contribution is -2.42. The summed E-state index contributed by atoms with van der Waals surface area (Å²) >= 11 is 0. The van der Waals surface area contributed by atoms with Crippen LogP contribution in [-0.2, 0) is 9.47 Å². The highest BCUT2D eigenvalue weighted by atomic mass is 16.6. The van der Waals surface area contributed by atoms with Crippen molar-refractivity contribution in [3.8, 4) is 0 Å². The van der Waals surface area contributed by atoms with Gasteiger partial charge in [0.2, 0.25) is 0 Å². The van der Waals surface area contributed by atoms with Crippen LogP contribution in [0.15, 0.2) is 12.2 Å². The smallest absolute Gasteiger partial charge is 0.114 e. The number of ether oxygens (including phenoxy) is 2. The Balaban J connectivity index is 1.89. The predicted molar refractivity (Wildman–Crippen MR) is 109 cm³/mol. The summed E-state index contributed by atoms with van der Waals surface area (Å²) in [5.74, 6) is 0. The van der Waals surface area contributed by atoms with E-state index in [1.54, 1.807) is 0 Å². The maximum Gasteiger partial charge on any atom is 0.114 e. The molecule has 4 atom stereocenters. The van der Waals surface area contributed by atoms with E-state index in [4.69, 9.17) is 9.47 Å². The van der Waals surface area contributed by atoms with Crippen LogP contribution in [0.1, 0.15) is 84.0 Å². The predicted octanol–water partition coefficient (Wildman–Crippen LogP) is 3.74. The number of aliphatic hydroxyl groups is 3. The van der Waals surface area contributed by atoms with Gasteiger partial charge >= 0.3 is 0 Å². The first-order chi connectivity index (χ1) is 13.2. The van der Waals surface area contributed by atoms with E-state index in [1.807, 2.05) is 0 Å². The SMILES string of the molecule is CCCCCCC/C=C/CCCCCCCO[C@@H](CO)[C@@H]1OC[C@@H](O)[C@@H]1O.